The second-order valence-electron chi connectivity index (χ2n) is 9.33. The summed E-state index contributed by atoms with van der Waals surface area (Å²) in [6.45, 7) is 0. The van der Waals surface area contributed by atoms with Crippen LogP contribution in [0.1, 0.15) is 38.5 Å². The molecule has 9 heteroatoms. The lowest BCUT2D eigenvalue weighted by Gasteiger charge is -2.56. The van der Waals surface area contributed by atoms with E-state index in [1.54, 1.807) is 29.8 Å². The minimum atomic E-state index is -0.405. The molecule has 0 unspecified atom stereocenters. The SMILES string of the molecule is Cn1c(SCC(=O)NC(=O)NC23CC4CC(CC(C4)C2)C3)nnc1-c1ccccc1F. The molecule has 1 aromatic carbocycles. The van der Waals surface area contributed by atoms with E-state index in [9.17, 15) is 14.0 Å². The van der Waals surface area contributed by atoms with Gasteiger partial charge >= 0.3 is 6.03 Å². The lowest BCUT2D eigenvalue weighted by Crippen LogP contribution is -2.61. The maximum Gasteiger partial charge on any atom is 0.321 e. The Morgan fingerprint density at radius 3 is 2.42 bits per heavy atom. The van der Waals surface area contributed by atoms with Crippen LogP contribution < -0.4 is 10.6 Å². The Labute approximate surface area is 184 Å². The topological polar surface area (TPSA) is 88.9 Å². The average Bonchev–Trinajstić information content (AvgIpc) is 3.05. The van der Waals surface area contributed by atoms with Gasteiger partial charge in [0.2, 0.25) is 5.91 Å². The maximum atomic E-state index is 14.0. The van der Waals surface area contributed by atoms with Gasteiger partial charge < -0.3 is 9.88 Å². The van der Waals surface area contributed by atoms with Gasteiger partial charge in [0.1, 0.15) is 5.82 Å². The van der Waals surface area contributed by atoms with Crippen LogP contribution >= 0.6 is 11.8 Å². The second-order valence-corrected chi connectivity index (χ2v) is 10.3. The number of imide groups is 1. The number of carbonyl (C=O) groups excluding carboxylic acids is 2. The van der Waals surface area contributed by atoms with Crippen molar-refractivity contribution in [3.8, 4) is 11.4 Å². The Morgan fingerprint density at radius 1 is 1.13 bits per heavy atom. The third-order valence-corrected chi connectivity index (χ3v) is 7.97. The lowest BCUT2D eigenvalue weighted by atomic mass is 9.53. The molecule has 4 saturated carbocycles. The molecule has 1 heterocycles. The summed E-state index contributed by atoms with van der Waals surface area (Å²) in [6, 6.07) is 5.94. The fraction of sp³-hybridized carbons (Fsp3) is 0.545. The molecule has 3 amide bonds. The Balaban J connectivity index is 1.16. The molecule has 7 nitrogen and oxygen atoms in total. The van der Waals surface area contributed by atoms with Gasteiger partial charge in [-0.15, -0.1) is 10.2 Å². The molecule has 6 rings (SSSR count). The molecule has 0 spiro atoms. The first-order chi connectivity index (χ1) is 14.9. The molecule has 0 saturated heterocycles. The molecule has 2 aromatic rings. The predicted molar refractivity (Wildman–Crippen MR) is 115 cm³/mol. The summed E-state index contributed by atoms with van der Waals surface area (Å²) in [7, 11) is 1.72. The molecule has 0 aliphatic heterocycles. The fourth-order valence-corrected chi connectivity index (χ4v) is 6.86. The standard InChI is InChI=1S/C22H26FN5O2S/c1-28-19(16-4-2-3-5-17(16)23)26-27-21(28)31-12-18(29)24-20(30)25-22-9-13-6-14(10-22)8-15(7-13)11-22/h2-5,13-15H,6-12H2,1H3,(H2,24,25,29,30). The summed E-state index contributed by atoms with van der Waals surface area (Å²) >= 11 is 1.16. The highest BCUT2D eigenvalue weighted by Gasteiger charge is 2.51. The summed E-state index contributed by atoms with van der Waals surface area (Å²) in [5.74, 6) is 1.81. The largest absolute Gasteiger partial charge is 0.332 e. The first-order valence-corrected chi connectivity index (χ1v) is 11.8. The van der Waals surface area contributed by atoms with Gasteiger partial charge in [-0.3, -0.25) is 10.1 Å². The van der Waals surface area contributed by atoms with Gasteiger partial charge in [-0.05, 0) is 68.4 Å². The van der Waals surface area contributed by atoms with Crippen molar-refractivity contribution in [2.45, 2.75) is 49.2 Å². The summed E-state index contributed by atoms with van der Waals surface area (Å²) in [6.07, 6.45) is 6.99. The number of carbonyl (C=O) groups is 2. The van der Waals surface area contributed by atoms with Gasteiger partial charge in [-0.1, -0.05) is 23.9 Å². The molecule has 164 valence electrons. The molecule has 4 aliphatic carbocycles. The van der Waals surface area contributed by atoms with Crippen LogP contribution in [-0.4, -0.2) is 38.0 Å². The molecule has 1 aromatic heterocycles. The van der Waals surface area contributed by atoms with Crippen LogP contribution in [0.4, 0.5) is 9.18 Å². The highest BCUT2D eigenvalue weighted by Crippen LogP contribution is 2.55. The zero-order valence-corrected chi connectivity index (χ0v) is 18.3. The molecular weight excluding hydrogens is 417 g/mol. The van der Waals surface area contributed by atoms with Crippen LogP contribution in [0.25, 0.3) is 11.4 Å². The fourth-order valence-electron chi connectivity index (χ4n) is 6.15. The molecule has 0 radical (unpaired) electrons. The number of rotatable bonds is 5. The number of urea groups is 1. The quantitative estimate of drug-likeness (QED) is 0.691. The van der Waals surface area contributed by atoms with Crippen LogP contribution in [0.5, 0.6) is 0 Å². The Kier molecular flexibility index (Phi) is 5.24. The number of amides is 3. The van der Waals surface area contributed by atoms with Gasteiger partial charge in [0, 0.05) is 12.6 Å². The van der Waals surface area contributed by atoms with Crippen LogP contribution in [-0.2, 0) is 11.8 Å². The van der Waals surface area contributed by atoms with E-state index in [1.807, 2.05) is 0 Å². The van der Waals surface area contributed by atoms with Gasteiger partial charge in [0.25, 0.3) is 0 Å². The summed E-state index contributed by atoms with van der Waals surface area (Å²) in [4.78, 5) is 24.9. The number of nitrogens with one attached hydrogen (secondary N) is 2. The van der Waals surface area contributed by atoms with E-state index in [1.165, 1.54) is 25.3 Å². The monoisotopic (exact) mass is 443 g/mol. The van der Waals surface area contributed by atoms with Crippen molar-refractivity contribution in [3.63, 3.8) is 0 Å². The summed E-state index contributed by atoms with van der Waals surface area (Å²) in [5.41, 5.74) is 0.216. The van der Waals surface area contributed by atoms with Crippen molar-refractivity contribution in [2.24, 2.45) is 24.8 Å². The maximum absolute atomic E-state index is 14.0. The van der Waals surface area contributed by atoms with Gasteiger partial charge in [0.15, 0.2) is 11.0 Å². The average molecular weight is 444 g/mol. The minimum absolute atomic E-state index is 0.0253. The molecule has 2 N–H and O–H groups in total. The normalized spacial score (nSPS) is 28.5. The van der Waals surface area contributed by atoms with E-state index < -0.39 is 6.03 Å². The molecular formula is C22H26FN5O2S. The second kappa shape index (κ2) is 7.93. The number of nitrogens with zero attached hydrogens (tertiary/aromatic N) is 3. The van der Waals surface area contributed by atoms with Gasteiger partial charge in [-0.25, -0.2) is 9.18 Å². The van der Waals surface area contributed by atoms with E-state index in [-0.39, 0.29) is 23.0 Å². The third-order valence-electron chi connectivity index (χ3n) is 6.95. The van der Waals surface area contributed by atoms with Crippen molar-refractivity contribution in [1.82, 2.24) is 25.4 Å². The first kappa shape index (κ1) is 20.5. The smallest absolute Gasteiger partial charge is 0.321 e. The minimum Gasteiger partial charge on any atom is -0.332 e. The van der Waals surface area contributed by atoms with Crippen molar-refractivity contribution in [2.75, 3.05) is 5.75 Å². The Hall–Kier alpha value is -2.42. The Bertz CT molecular complexity index is 988. The van der Waals surface area contributed by atoms with Crippen LogP contribution in [0.3, 0.4) is 0 Å². The molecule has 4 bridgehead atoms. The number of benzene rings is 1. The number of aromatic nitrogens is 3. The summed E-state index contributed by atoms with van der Waals surface area (Å²) in [5, 5.41) is 14.2. The van der Waals surface area contributed by atoms with Crippen LogP contribution in [0.15, 0.2) is 29.4 Å². The number of hydrogen-bond donors (Lipinski definition) is 2. The molecule has 0 atom stereocenters. The number of halogens is 1. The first-order valence-electron chi connectivity index (χ1n) is 10.8. The van der Waals surface area contributed by atoms with Gasteiger partial charge in [-0.2, -0.15) is 0 Å². The van der Waals surface area contributed by atoms with Crippen molar-refractivity contribution < 1.29 is 14.0 Å². The number of hydrogen-bond acceptors (Lipinski definition) is 5. The molecule has 4 aliphatic rings. The summed E-state index contributed by atoms with van der Waals surface area (Å²) < 4.78 is 15.7. The third kappa shape index (κ3) is 4.07. The van der Waals surface area contributed by atoms with Gasteiger partial charge in [0.05, 0.1) is 11.3 Å². The van der Waals surface area contributed by atoms with E-state index in [2.05, 4.69) is 20.8 Å². The van der Waals surface area contributed by atoms with Crippen molar-refractivity contribution in [3.05, 3.63) is 30.1 Å². The molecule has 4 fully saturated rings. The van der Waals surface area contributed by atoms with Crippen molar-refractivity contribution in [1.29, 1.82) is 0 Å². The number of thioether (sulfide) groups is 1. The highest BCUT2D eigenvalue weighted by atomic mass is 32.2. The zero-order chi connectivity index (χ0) is 21.6. The predicted octanol–water partition coefficient (Wildman–Crippen LogP) is 3.51. The Morgan fingerprint density at radius 2 is 1.77 bits per heavy atom. The highest BCUT2D eigenvalue weighted by molar-refractivity contribution is 7.99. The lowest BCUT2D eigenvalue weighted by molar-refractivity contribution is -0.117. The van der Waals surface area contributed by atoms with E-state index in [4.69, 9.17) is 0 Å². The van der Waals surface area contributed by atoms with E-state index >= 15 is 0 Å². The van der Waals surface area contributed by atoms with Crippen molar-refractivity contribution >= 4 is 23.7 Å². The van der Waals surface area contributed by atoms with E-state index in [0.29, 0.717) is 16.5 Å². The molecule has 31 heavy (non-hydrogen) atoms. The van der Waals surface area contributed by atoms with E-state index in [0.717, 1.165) is 48.8 Å². The zero-order valence-electron chi connectivity index (χ0n) is 17.4. The van der Waals surface area contributed by atoms with Crippen LogP contribution in [0.2, 0.25) is 0 Å². The van der Waals surface area contributed by atoms with Crippen LogP contribution in [0, 0.1) is 23.6 Å².